The van der Waals surface area contributed by atoms with Gasteiger partial charge in [-0.05, 0) is 53.5 Å². The van der Waals surface area contributed by atoms with Crippen molar-refractivity contribution in [1.29, 1.82) is 0 Å². The molecule has 0 aliphatic carbocycles. The first-order valence-electron chi connectivity index (χ1n) is 7.62. The Balaban J connectivity index is 1.99. The molecule has 2 N–H and O–H groups in total. The van der Waals surface area contributed by atoms with Crippen molar-refractivity contribution < 1.29 is 13.0 Å². The summed E-state index contributed by atoms with van der Waals surface area (Å²) >= 11 is 3.35. The van der Waals surface area contributed by atoms with Crippen molar-refractivity contribution >= 4 is 43.6 Å². The second-order valence-corrected chi connectivity index (χ2v) is 8.53. The van der Waals surface area contributed by atoms with Crippen LogP contribution in [0.2, 0.25) is 0 Å². The second kappa shape index (κ2) is 7.21. The quantitative estimate of drug-likeness (QED) is 0.620. The van der Waals surface area contributed by atoms with Crippen molar-refractivity contribution in [3.8, 4) is 0 Å². The first-order chi connectivity index (χ1) is 11.9. The standard InChI is InChI=1S/C17H16BrF2N3OS/c1-9(2)25(24)23-15-4-3-14(19)13(16(15)20)5-10-7-21-17-12(10)6-11(18)8-22-17/h3-4,6-9,23H,5H2,1-2H3,(H,21,22). The van der Waals surface area contributed by atoms with Gasteiger partial charge in [-0.2, -0.15) is 0 Å². The maximum atomic E-state index is 14.8. The van der Waals surface area contributed by atoms with E-state index in [1.54, 1.807) is 26.2 Å². The zero-order valence-electron chi connectivity index (χ0n) is 13.6. The highest BCUT2D eigenvalue weighted by atomic mass is 79.9. The number of anilines is 1. The molecule has 2 heterocycles. The molecule has 25 heavy (non-hydrogen) atoms. The minimum Gasteiger partial charge on any atom is -0.346 e. The summed E-state index contributed by atoms with van der Waals surface area (Å²) in [6.45, 7) is 3.50. The molecule has 1 unspecified atom stereocenters. The van der Waals surface area contributed by atoms with E-state index in [0.717, 1.165) is 15.4 Å². The van der Waals surface area contributed by atoms with Gasteiger partial charge in [0.25, 0.3) is 0 Å². The van der Waals surface area contributed by atoms with Crippen LogP contribution in [-0.4, -0.2) is 19.4 Å². The Labute approximate surface area is 154 Å². The predicted octanol–water partition coefficient (Wildman–Crippen LogP) is 4.68. The zero-order valence-corrected chi connectivity index (χ0v) is 16.0. The van der Waals surface area contributed by atoms with Gasteiger partial charge >= 0.3 is 0 Å². The molecule has 0 aliphatic heterocycles. The number of hydrogen-bond donors (Lipinski definition) is 2. The molecule has 0 bridgehead atoms. The maximum absolute atomic E-state index is 14.8. The van der Waals surface area contributed by atoms with E-state index < -0.39 is 22.6 Å². The van der Waals surface area contributed by atoms with Crippen molar-refractivity contribution in [1.82, 2.24) is 9.97 Å². The van der Waals surface area contributed by atoms with Crippen molar-refractivity contribution in [2.45, 2.75) is 25.5 Å². The lowest BCUT2D eigenvalue weighted by atomic mass is 10.0. The molecule has 3 aromatic rings. The number of benzene rings is 1. The van der Waals surface area contributed by atoms with Gasteiger partial charge in [-0.3, -0.25) is 0 Å². The highest BCUT2D eigenvalue weighted by Crippen LogP contribution is 2.28. The van der Waals surface area contributed by atoms with Crippen molar-refractivity contribution in [3.05, 3.63) is 57.8 Å². The van der Waals surface area contributed by atoms with Crippen LogP contribution in [0.3, 0.4) is 0 Å². The molecule has 132 valence electrons. The molecule has 4 nitrogen and oxygen atoms in total. The van der Waals surface area contributed by atoms with E-state index in [9.17, 15) is 13.0 Å². The molecule has 0 amide bonds. The fourth-order valence-corrected chi connectivity index (χ4v) is 3.38. The van der Waals surface area contributed by atoms with Crippen LogP contribution in [0.25, 0.3) is 11.0 Å². The summed E-state index contributed by atoms with van der Waals surface area (Å²) in [4.78, 5) is 7.22. The molecule has 3 rings (SSSR count). The molecule has 0 fully saturated rings. The van der Waals surface area contributed by atoms with Gasteiger partial charge < -0.3 is 9.71 Å². The molecule has 1 aromatic carbocycles. The van der Waals surface area contributed by atoms with E-state index >= 15 is 0 Å². The highest BCUT2D eigenvalue weighted by Gasteiger charge is 2.18. The average molecular weight is 428 g/mol. The smallest absolute Gasteiger partial charge is 0.153 e. The monoisotopic (exact) mass is 427 g/mol. The normalized spacial score (nSPS) is 12.7. The summed E-state index contributed by atoms with van der Waals surface area (Å²) in [6, 6.07) is 4.29. The van der Waals surface area contributed by atoms with Crippen molar-refractivity contribution in [2.24, 2.45) is 0 Å². The first kappa shape index (κ1) is 18.0. The van der Waals surface area contributed by atoms with Gasteiger partial charge in [0.15, 0.2) is 5.82 Å². The van der Waals surface area contributed by atoms with Crippen molar-refractivity contribution in [3.63, 3.8) is 0 Å². The molecule has 8 heteroatoms. The lowest BCUT2D eigenvalue weighted by molar-refractivity contribution is 0.564. The Hall–Kier alpha value is -1.80. The fraction of sp³-hybridized carbons (Fsp3) is 0.235. The van der Waals surface area contributed by atoms with Crippen molar-refractivity contribution in [2.75, 3.05) is 4.72 Å². The van der Waals surface area contributed by atoms with Crippen LogP contribution >= 0.6 is 15.9 Å². The molecule has 0 saturated carbocycles. The lowest BCUT2D eigenvalue weighted by Gasteiger charge is -2.12. The van der Waals surface area contributed by atoms with E-state index in [0.29, 0.717) is 5.65 Å². The Bertz CT molecular complexity index is 958. The molecule has 0 saturated heterocycles. The molecule has 1 atom stereocenters. The highest BCUT2D eigenvalue weighted by molar-refractivity contribution is 9.10. The number of aromatic nitrogens is 2. The fourth-order valence-electron chi connectivity index (χ4n) is 2.43. The number of halogens is 3. The number of pyridine rings is 1. The number of H-pyrrole nitrogens is 1. The molecular weight excluding hydrogens is 412 g/mol. The number of hydrogen-bond acceptors (Lipinski definition) is 2. The van der Waals surface area contributed by atoms with Crippen LogP contribution in [0.15, 0.2) is 35.1 Å². The Morgan fingerprint density at radius 3 is 2.84 bits per heavy atom. The van der Waals surface area contributed by atoms with Gasteiger partial charge in [-0.1, -0.05) is 0 Å². The van der Waals surface area contributed by atoms with E-state index in [1.165, 1.54) is 12.1 Å². The van der Waals surface area contributed by atoms with E-state index in [1.807, 2.05) is 6.07 Å². The summed E-state index contributed by atoms with van der Waals surface area (Å²) in [6.07, 6.45) is 3.39. The van der Waals surface area contributed by atoms with Gasteiger partial charge in [0.1, 0.15) is 22.5 Å². The molecule has 0 radical (unpaired) electrons. The number of aromatic amines is 1. The zero-order chi connectivity index (χ0) is 18.1. The molecule has 2 aromatic heterocycles. The first-order valence-corrected chi connectivity index (χ1v) is 9.63. The van der Waals surface area contributed by atoms with Crippen LogP contribution in [0.4, 0.5) is 14.5 Å². The average Bonchev–Trinajstić information content (AvgIpc) is 2.96. The minimum absolute atomic E-state index is 0.0302. The number of nitrogens with one attached hydrogen (secondary N) is 2. The molecule has 0 spiro atoms. The van der Waals surface area contributed by atoms with Gasteiger partial charge in [-0.25, -0.2) is 18.0 Å². The van der Waals surface area contributed by atoms with Crippen LogP contribution in [0, 0.1) is 11.6 Å². The summed E-state index contributed by atoms with van der Waals surface area (Å²) in [5, 5.41) is 0.599. The number of fused-ring (bicyclic) bond motifs is 1. The Morgan fingerprint density at radius 2 is 2.12 bits per heavy atom. The van der Waals surface area contributed by atoms with Crippen LogP contribution in [-0.2, 0) is 17.4 Å². The summed E-state index contributed by atoms with van der Waals surface area (Å²) < 4.78 is 44.3. The summed E-state index contributed by atoms with van der Waals surface area (Å²) in [5.74, 6) is -1.37. The van der Waals surface area contributed by atoms with Gasteiger partial charge in [0.2, 0.25) is 0 Å². The van der Waals surface area contributed by atoms with E-state index in [2.05, 4.69) is 30.6 Å². The van der Waals surface area contributed by atoms with Crippen LogP contribution in [0.1, 0.15) is 25.0 Å². The van der Waals surface area contributed by atoms with Crippen LogP contribution in [0.5, 0.6) is 0 Å². The maximum Gasteiger partial charge on any atom is 0.153 e. The third-order valence-electron chi connectivity index (χ3n) is 3.78. The van der Waals surface area contributed by atoms with E-state index in [-0.39, 0.29) is 22.9 Å². The van der Waals surface area contributed by atoms with Crippen LogP contribution < -0.4 is 4.72 Å². The Morgan fingerprint density at radius 1 is 1.36 bits per heavy atom. The molecule has 0 aliphatic rings. The minimum atomic E-state index is -1.45. The summed E-state index contributed by atoms with van der Waals surface area (Å²) in [5.41, 5.74) is 1.33. The van der Waals surface area contributed by atoms with Gasteiger partial charge in [0, 0.05) is 39.5 Å². The third kappa shape index (κ3) is 3.74. The molecular formula is C17H16BrF2N3OS. The Kier molecular flexibility index (Phi) is 5.19. The largest absolute Gasteiger partial charge is 0.346 e. The number of rotatable bonds is 5. The lowest BCUT2D eigenvalue weighted by Crippen LogP contribution is -2.16. The van der Waals surface area contributed by atoms with Gasteiger partial charge in [-0.15, -0.1) is 0 Å². The predicted molar refractivity (Wildman–Crippen MR) is 99.9 cm³/mol. The number of nitrogens with zero attached hydrogens (tertiary/aromatic N) is 1. The third-order valence-corrected chi connectivity index (χ3v) is 5.49. The topological polar surface area (TPSA) is 57.8 Å². The van der Waals surface area contributed by atoms with E-state index in [4.69, 9.17) is 0 Å². The summed E-state index contributed by atoms with van der Waals surface area (Å²) in [7, 11) is -1.45. The van der Waals surface area contributed by atoms with Gasteiger partial charge in [0.05, 0.1) is 5.69 Å². The second-order valence-electron chi connectivity index (χ2n) is 5.88. The SMILES string of the molecule is CC(C)S(=O)Nc1ccc(F)c(Cc2c[nH]c3ncc(Br)cc23)c1F.